The topological polar surface area (TPSA) is 15.6 Å². The van der Waals surface area contributed by atoms with Crippen LogP contribution in [0.3, 0.4) is 0 Å². The number of hydrogen-bond donors (Lipinski definition) is 0. The van der Waals surface area contributed by atoms with E-state index >= 15 is 0 Å². The fraction of sp³-hybridized carbons (Fsp3) is 0.462. The van der Waals surface area contributed by atoms with Gasteiger partial charge in [-0.1, -0.05) is 24.3 Å². The minimum absolute atomic E-state index is 0.726. The summed E-state index contributed by atoms with van der Waals surface area (Å²) < 4.78 is 0. The number of benzene rings is 1. The SMILES string of the molecule is c1ccc2c(c1)C[C@@H]1[C@H]2CC2=NCCN21. The predicted octanol–water partition coefficient (Wildman–Crippen LogP) is 1.81. The van der Waals surface area contributed by atoms with Crippen LogP contribution in [0.2, 0.25) is 0 Å². The highest BCUT2D eigenvalue weighted by atomic mass is 15.3. The summed E-state index contributed by atoms with van der Waals surface area (Å²) in [7, 11) is 0. The molecule has 0 saturated carbocycles. The smallest absolute Gasteiger partial charge is 0.1000 e. The molecule has 76 valence electrons. The second-order valence-corrected chi connectivity index (χ2v) is 4.77. The summed E-state index contributed by atoms with van der Waals surface area (Å²) in [6.07, 6.45) is 2.42. The van der Waals surface area contributed by atoms with Crippen LogP contribution in [0.15, 0.2) is 29.3 Å². The first kappa shape index (κ1) is 7.91. The van der Waals surface area contributed by atoms with E-state index in [2.05, 4.69) is 34.2 Å². The van der Waals surface area contributed by atoms with Crippen LogP contribution >= 0.6 is 0 Å². The Bertz CT molecular complexity index is 450. The number of fused-ring (bicyclic) bond motifs is 5. The van der Waals surface area contributed by atoms with E-state index in [4.69, 9.17) is 0 Å². The van der Waals surface area contributed by atoms with Gasteiger partial charge in [0.2, 0.25) is 0 Å². The molecule has 3 aliphatic rings. The van der Waals surface area contributed by atoms with Crippen molar-refractivity contribution in [2.24, 2.45) is 4.99 Å². The average Bonchev–Trinajstić information content (AvgIpc) is 2.87. The lowest BCUT2D eigenvalue weighted by Gasteiger charge is -2.21. The normalized spacial score (nSPS) is 31.2. The minimum atomic E-state index is 0.726. The van der Waals surface area contributed by atoms with Gasteiger partial charge in [-0.05, 0) is 17.5 Å². The van der Waals surface area contributed by atoms with Crippen LogP contribution in [-0.4, -0.2) is 29.9 Å². The number of rotatable bonds is 0. The van der Waals surface area contributed by atoms with E-state index in [9.17, 15) is 0 Å². The van der Waals surface area contributed by atoms with Crippen molar-refractivity contribution in [2.45, 2.75) is 24.8 Å². The van der Waals surface area contributed by atoms with Gasteiger partial charge in [-0.2, -0.15) is 0 Å². The first-order valence-corrected chi connectivity index (χ1v) is 5.81. The van der Waals surface area contributed by atoms with Gasteiger partial charge in [-0.15, -0.1) is 0 Å². The molecule has 1 saturated heterocycles. The molecule has 1 fully saturated rings. The van der Waals surface area contributed by atoms with Gasteiger partial charge in [-0.25, -0.2) is 0 Å². The Balaban J connectivity index is 1.80. The first-order valence-electron chi connectivity index (χ1n) is 5.81. The summed E-state index contributed by atoms with van der Waals surface area (Å²) in [4.78, 5) is 7.14. The fourth-order valence-corrected chi connectivity index (χ4v) is 3.47. The van der Waals surface area contributed by atoms with Gasteiger partial charge < -0.3 is 4.90 Å². The summed E-state index contributed by atoms with van der Waals surface area (Å²) in [6.45, 7) is 2.18. The molecule has 0 unspecified atom stereocenters. The second-order valence-electron chi connectivity index (χ2n) is 4.77. The lowest BCUT2D eigenvalue weighted by atomic mass is 9.98. The second kappa shape index (κ2) is 2.63. The maximum Gasteiger partial charge on any atom is 0.1000 e. The number of amidine groups is 1. The molecular formula is C13H14N2. The Labute approximate surface area is 89.6 Å². The molecule has 2 nitrogen and oxygen atoms in total. The van der Waals surface area contributed by atoms with E-state index in [1.165, 1.54) is 18.7 Å². The predicted molar refractivity (Wildman–Crippen MR) is 60.3 cm³/mol. The van der Waals surface area contributed by atoms with Crippen molar-refractivity contribution in [3.63, 3.8) is 0 Å². The lowest BCUT2D eigenvalue weighted by Crippen LogP contribution is -2.32. The molecule has 1 aliphatic carbocycles. The molecule has 2 heterocycles. The standard InChI is InChI=1S/C13H14N2/c1-2-4-10-9(3-1)7-12-11(10)8-13-14-5-6-15(12)13/h1-4,11-12H,5-8H2/t11-,12+/m0/s1. The summed E-state index contributed by atoms with van der Waals surface area (Å²) in [5.74, 6) is 2.11. The zero-order valence-electron chi connectivity index (χ0n) is 8.69. The van der Waals surface area contributed by atoms with Crippen molar-refractivity contribution >= 4 is 5.84 Å². The van der Waals surface area contributed by atoms with Crippen LogP contribution in [0.25, 0.3) is 0 Å². The van der Waals surface area contributed by atoms with Gasteiger partial charge >= 0.3 is 0 Å². The molecule has 1 aromatic rings. The Morgan fingerprint density at radius 3 is 3.13 bits per heavy atom. The highest BCUT2D eigenvalue weighted by molar-refractivity contribution is 5.88. The molecule has 0 spiro atoms. The van der Waals surface area contributed by atoms with Crippen LogP contribution in [0.1, 0.15) is 23.5 Å². The van der Waals surface area contributed by atoms with Crippen molar-refractivity contribution in [1.82, 2.24) is 4.90 Å². The Morgan fingerprint density at radius 1 is 1.20 bits per heavy atom. The fourth-order valence-electron chi connectivity index (χ4n) is 3.47. The van der Waals surface area contributed by atoms with E-state index < -0.39 is 0 Å². The van der Waals surface area contributed by atoms with E-state index in [1.54, 1.807) is 11.1 Å². The van der Waals surface area contributed by atoms with E-state index in [-0.39, 0.29) is 0 Å². The van der Waals surface area contributed by atoms with Gasteiger partial charge in [-0.3, -0.25) is 4.99 Å². The van der Waals surface area contributed by atoms with Gasteiger partial charge in [0.15, 0.2) is 0 Å². The molecule has 2 atom stereocenters. The number of nitrogens with zero attached hydrogens (tertiary/aromatic N) is 2. The third-order valence-electron chi connectivity index (χ3n) is 4.12. The van der Waals surface area contributed by atoms with E-state index in [0.717, 1.165) is 25.0 Å². The van der Waals surface area contributed by atoms with E-state index in [0.29, 0.717) is 0 Å². The molecule has 0 N–H and O–H groups in total. The van der Waals surface area contributed by atoms with Crippen molar-refractivity contribution in [1.29, 1.82) is 0 Å². The third-order valence-corrected chi connectivity index (χ3v) is 4.12. The minimum Gasteiger partial charge on any atom is -0.355 e. The highest BCUT2D eigenvalue weighted by Crippen LogP contribution is 2.44. The largest absolute Gasteiger partial charge is 0.355 e. The van der Waals surface area contributed by atoms with Crippen LogP contribution in [-0.2, 0) is 6.42 Å². The van der Waals surface area contributed by atoms with Crippen molar-refractivity contribution < 1.29 is 0 Å². The molecule has 0 bridgehead atoms. The molecule has 0 radical (unpaired) electrons. The molecule has 0 aromatic heterocycles. The molecule has 1 aromatic carbocycles. The number of aliphatic imine (C=N–C) groups is 1. The van der Waals surface area contributed by atoms with Gasteiger partial charge in [0, 0.05) is 24.9 Å². The average molecular weight is 198 g/mol. The summed E-state index contributed by atoms with van der Waals surface area (Å²) in [5, 5.41) is 0. The van der Waals surface area contributed by atoms with Gasteiger partial charge in [0.05, 0.1) is 12.4 Å². The Kier molecular flexibility index (Phi) is 1.39. The van der Waals surface area contributed by atoms with Crippen LogP contribution < -0.4 is 0 Å². The Morgan fingerprint density at radius 2 is 2.13 bits per heavy atom. The van der Waals surface area contributed by atoms with E-state index in [1.807, 2.05) is 0 Å². The summed E-state index contributed by atoms with van der Waals surface area (Å²) in [5.41, 5.74) is 3.15. The summed E-state index contributed by atoms with van der Waals surface area (Å²) >= 11 is 0. The van der Waals surface area contributed by atoms with Crippen LogP contribution in [0.4, 0.5) is 0 Å². The van der Waals surface area contributed by atoms with Gasteiger partial charge in [0.1, 0.15) is 0 Å². The molecular weight excluding hydrogens is 184 g/mol. The van der Waals surface area contributed by atoms with Crippen LogP contribution in [0, 0.1) is 0 Å². The molecule has 2 aliphatic heterocycles. The zero-order valence-corrected chi connectivity index (χ0v) is 8.69. The monoisotopic (exact) mass is 198 g/mol. The lowest BCUT2D eigenvalue weighted by molar-refractivity contribution is 0.350. The maximum atomic E-state index is 4.60. The molecule has 2 heteroatoms. The maximum absolute atomic E-state index is 4.60. The van der Waals surface area contributed by atoms with Crippen molar-refractivity contribution in [3.8, 4) is 0 Å². The molecule has 15 heavy (non-hydrogen) atoms. The Hall–Kier alpha value is -1.31. The number of hydrogen-bond acceptors (Lipinski definition) is 2. The third kappa shape index (κ3) is 0.921. The highest BCUT2D eigenvalue weighted by Gasteiger charge is 2.44. The quantitative estimate of drug-likeness (QED) is 0.621. The zero-order chi connectivity index (χ0) is 9.83. The first-order chi connectivity index (χ1) is 7.43. The van der Waals surface area contributed by atoms with Crippen molar-refractivity contribution in [2.75, 3.05) is 13.1 Å². The van der Waals surface area contributed by atoms with Crippen molar-refractivity contribution in [3.05, 3.63) is 35.4 Å². The van der Waals surface area contributed by atoms with Gasteiger partial charge in [0.25, 0.3) is 0 Å². The molecule has 4 rings (SSSR count). The molecule has 0 amide bonds. The van der Waals surface area contributed by atoms with Crippen LogP contribution in [0.5, 0.6) is 0 Å². The summed E-state index contributed by atoms with van der Waals surface area (Å²) in [6, 6.07) is 9.66.